The summed E-state index contributed by atoms with van der Waals surface area (Å²) in [5.74, 6) is 0.753. The van der Waals surface area contributed by atoms with Crippen LogP contribution in [0.4, 0.5) is 11.5 Å². The van der Waals surface area contributed by atoms with Crippen LogP contribution in [0.3, 0.4) is 0 Å². The largest absolute Gasteiger partial charge is 0.383 e. The molecule has 6 heteroatoms. The summed E-state index contributed by atoms with van der Waals surface area (Å²) in [6, 6.07) is 3.72. The Bertz CT molecular complexity index is 385. The molecular formula is C13H22N4O2. The summed E-state index contributed by atoms with van der Waals surface area (Å²) in [6.07, 6.45) is 2.75. The Morgan fingerprint density at radius 1 is 1.37 bits per heavy atom. The lowest BCUT2D eigenvalue weighted by molar-refractivity contribution is -0.119. The zero-order valence-electron chi connectivity index (χ0n) is 11.5. The van der Waals surface area contributed by atoms with Crippen LogP contribution in [0.5, 0.6) is 0 Å². The Hall–Kier alpha value is -1.82. The smallest absolute Gasteiger partial charge is 0.239 e. The van der Waals surface area contributed by atoms with Crippen molar-refractivity contribution in [1.29, 1.82) is 0 Å². The number of hydrogen-bond donors (Lipinski definition) is 3. The van der Waals surface area contributed by atoms with Gasteiger partial charge in [0, 0.05) is 38.1 Å². The Balaban J connectivity index is 2.33. The molecular weight excluding hydrogens is 244 g/mol. The van der Waals surface area contributed by atoms with Crippen LogP contribution in [0.25, 0.3) is 0 Å². The Labute approximate surface area is 113 Å². The topological polar surface area (TPSA) is 75.3 Å². The van der Waals surface area contributed by atoms with Crippen LogP contribution < -0.4 is 16.0 Å². The van der Waals surface area contributed by atoms with Gasteiger partial charge in [0.2, 0.25) is 5.91 Å². The van der Waals surface area contributed by atoms with Crippen molar-refractivity contribution in [1.82, 2.24) is 10.3 Å². The van der Waals surface area contributed by atoms with Gasteiger partial charge >= 0.3 is 0 Å². The highest BCUT2D eigenvalue weighted by Gasteiger charge is 2.01. The third-order valence-corrected chi connectivity index (χ3v) is 2.40. The molecule has 0 aliphatic heterocycles. The highest BCUT2D eigenvalue weighted by atomic mass is 16.5. The van der Waals surface area contributed by atoms with E-state index in [2.05, 4.69) is 27.9 Å². The van der Waals surface area contributed by atoms with Gasteiger partial charge in [-0.1, -0.05) is 6.92 Å². The van der Waals surface area contributed by atoms with Crippen molar-refractivity contribution < 1.29 is 9.53 Å². The van der Waals surface area contributed by atoms with Gasteiger partial charge in [-0.3, -0.25) is 4.79 Å². The SMILES string of the molecule is CCCNc1cc(NCC(=O)NCCOC)ccn1. The van der Waals surface area contributed by atoms with Gasteiger partial charge < -0.3 is 20.7 Å². The second-order valence-corrected chi connectivity index (χ2v) is 4.05. The molecule has 1 aromatic heterocycles. The number of methoxy groups -OCH3 is 1. The van der Waals surface area contributed by atoms with Crippen LogP contribution in [0.2, 0.25) is 0 Å². The number of nitrogens with zero attached hydrogens (tertiary/aromatic N) is 1. The standard InChI is InChI=1S/C13H22N4O2/c1-3-5-14-12-9-11(4-6-15-12)17-10-13(18)16-7-8-19-2/h4,6,9H,3,5,7-8,10H2,1-2H3,(H,16,18)(H2,14,15,17). The molecule has 0 spiro atoms. The van der Waals surface area contributed by atoms with Crippen LogP contribution in [0, 0.1) is 0 Å². The summed E-state index contributed by atoms with van der Waals surface area (Å²) in [6.45, 7) is 4.26. The fourth-order valence-corrected chi connectivity index (χ4v) is 1.43. The first-order valence-electron chi connectivity index (χ1n) is 6.45. The Morgan fingerprint density at radius 3 is 2.95 bits per heavy atom. The zero-order valence-corrected chi connectivity index (χ0v) is 11.5. The first-order valence-corrected chi connectivity index (χ1v) is 6.45. The fourth-order valence-electron chi connectivity index (χ4n) is 1.43. The number of carbonyl (C=O) groups is 1. The van der Waals surface area contributed by atoms with Gasteiger partial charge in [-0.2, -0.15) is 0 Å². The zero-order chi connectivity index (χ0) is 13.9. The molecule has 0 aliphatic rings. The third kappa shape index (κ3) is 6.61. The molecule has 0 atom stereocenters. The van der Waals surface area contributed by atoms with Crippen molar-refractivity contribution >= 4 is 17.4 Å². The first kappa shape index (κ1) is 15.2. The fraction of sp³-hybridized carbons (Fsp3) is 0.538. The van der Waals surface area contributed by atoms with E-state index in [1.807, 2.05) is 12.1 Å². The van der Waals surface area contributed by atoms with Crippen molar-refractivity contribution in [2.24, 2.45) is 0 Å². The molecule has 106 valence electrons. The summed E-state index contributed by atoms with van der Waals surface area (Å²) < 4.78 is 4.86. The maximum atomic E-state index is 11.5. The molecule has 0 aromatic carbocycles. The number of rotatable bonds is 9. The van der Waals surface area contributed by atoms with Crippen LogP contribution in [-0.4, -0.2) is 44.2 Å². The molecule has 0 aliphatic carbocycles. The van der Waals surface area contributed by atoms with Crippen molar-refractivity contribution in [3.8, 4) is 0 Å². The number of amides is 1. The summed E-state index contributed by atoms with van der Waals surface area (Å²) in [7, 11) is 1.60. The normalized spacial score (nSPS) is 10.0. The van der Waals surface area contributed by atoms with Gasteiger partial charge in [-0.15, -0.1) is 0 Å². The van der Waals surface area contributed by atoms with Gasteiger partial charge in [-0.05, 0) is 12.5 Å². The number of hydrogen-bond acceptors (Lipinski definition) is 5. The van der Waals surface area contributed by atoms with E-state index in [4.69, 9.17) is 4.74 Å². The van der Waals surface area contributed by atoms with E-state index in [1.165, 1.54) is 0 Å². The minimum Gasteiger partial charge on any atom is -0.383 e. The van der Waals surface area contributed by atoms with Crippen molar-refractivity contribution in [2.75, 3.05) is 44.0 Å². The number of nitrogens with one attached hydrogen (secondary N) is 3. The Morgan fingerprint density at radius 2 is 2.21 bits per heavy atom. The van der Waals surface area contributed by atoms with E-state index in [9.17, 15) is 4.79 Å². The average Bonchev–Trinajstić information content (AvgIpc) is 2.44. The molecule has 6 nitrogen and oxygen atoms in total. The summed E-state index contributed by atoms with van der Waals surface area (Å²) in [5, 5.41) is 9.00. The van der Waals surface area contributed by atoms with E-state index < -0.39 is 0 Å². The summed E-state index contributed by atoms with van der Waals surface area (Å²) in [5.41, 5.74) is 0.871. The highest BCUT2D eigenvalue weighted by molar-refractivity contribution is 5.80. The van der Waals surface area contributed by atoms with Gasteiger partial charge in [0.1, 0.15) is 5.82 Å². The third-order valence-electron chi connectivity index (χ3n) is 2.40. The highest BCUT2D eigenvalue weighted by Crippen LogP contribution is 2.11. The van der Waals surface area contributed by atoms with Crippen LogP contribution in [0.15, 0.2) is 18.3 Å². The molecule has 19 heavy (non-hydrogen) atoms. The molecule has 0 saturated carbocycles. The van der Waals surface area contributed by atoms with Crippen LogP contribution in [-0.2, 0) is 9.53 Å². The van der Waals surface area contributed by atoms with Crippen molar-refractivity contribution in [3.63, 3.8) is 0 Å². The second-order valence-electron chi connectivity index (χ2n) is 4.05. The number of anilines is 2. The van der Waals surface area contributed by atoms with Gasteiger partial charge in [0.15, 0.2) is 0 Å². The minimum absolute atomic E-state index is 0.0584. The van der Waals surface area contributed by atoms with E-state index in [-0.39, 0.29) is 12.5 Å². The van der Waals surface area contributed by atoms with Crippen LogP contribution in [0.1, 0.15) is 13.3 Å². The Kier molecular flexibility index (Phi) is 7.34. The number of pyridine rings is 1. The number of ether oxygens (including phenoxy) is 1. The maximum absolute atomic E-state index is 11.5. The molecule has 0 bridgehead atoms. The molecule has 1 heterocycles. The maximum Gasteiger partial charge on any atom is 0.239 e. The molecule has 0 radical (unpaired) electrons. The predicted molar refractivity (Wildman–Crippen MR) is 76.4 cm³/mol. The lowest BCUT2D eigenvalue weighted by Crippen LogP contribution is -2.32. The molecule has 1 aromatic rings. The van der Waals surface area contributed by atoms with Gasteiger partial charge in [-0.25, -0.2) is 4.98 Å². The minimum atomic E-state index is -0.0584. The number of aromatic nitrogens is 1. The van der Waals surface area contributed by atoms with E-state index in [0.717, 1.165) is 24.5 Å². The molecule has 0 fully saturated rings. The molecule has 1 rings (SSSR count). The van der Waals surface area contributed by atoms with Crippen molar-refractivity contribution in [2.45, 2.75) is 13.3 Å². The molecule has 3 N–H and O–H groups in total. The lowest BCUT2D eigenvalue weighted by atomic mass is 10.3. The summed E-state index contributed by atoms with van der Waals surface area (Å²) >= 11 is 0. The predicted octanol–water partition coefficient (Wildman–Crippen LogP) is 1.08. The molecule has 1 amide bonds. The van der Waals surface area contributed by atoms with E-state index in [1.54, 1.807) is 13.3 Å². The lowest BCUT2D eigenvalue weighted by Gasteiger charge is -2.09. The monoisotopic (exact) mass is 266 g/mol. The average molecular weight is 266 g/mol. The van der Waals surface area contributed by atoms with E-state index >= 15 is 0 Å². The quantitative estimate of drug-likeness (QED) is 0.583. The molecule has 0 saturated heterocycles. The number of carbonyl (C=O) groups excluding carboxylic acids is 1. The van der Waals surface area contributed by atoms with E-state index in [0.29, 0.717) is 13.2 Å². The first-order chi connectivity index (χ1) is 9.26. The summed E-state index contributed by atoms with van der Waals surface area (Å²) in [4.78, 5) is 15.7. The van der Waals surface area contributed by atoms with Crippen molar-refractivity contribution in [3.05, 3.63) is 18.3 Å². The van der Waals surface area contributed by atoms with Crippen LogP contribution >= 0.6 is 0 Å². The van der Waals surface area contributed by atoms with Gasteiger partial charge in [0.25, 0.3) is 0 Å². The van der Waals surface area contributed by atoms with Gasteiger partial charge in [0.05, 0.1) is 13.2 Å². The second kappa shape index (κ2) is 9.16. The molecule has 0 unspecified atom stereocenters.